The van der Waals surface area contributed by atoms with Crippen molar-refractivity contribution in [3.05, 3.63) is 71.4 Å². The Morgan fingerprint density at radius 1 is 0.966 bits per heavy atom. The molecule has 7 heteroatoms. The number of carboxylic acids is 1. The van der Waals surface area contributed by atoms with Crippen LogP contribution in [0.15, 0.2) is 60.3 Å². The topological polar surface area (TPSA) is 105 Å². The van der Waals surface area contributed by atoms with E-state index in [4.69, 9.17) is 9.84 Å². The first kappa shape index (κ1) is 21.7. The number of carboxylic acid groups (broad SMARTS) is 1. The second-order valence-electron chi connectivity index (χ2n) is 6.65. The van der Waals surface area contributed by atoms with Crippen molar-refractivity contribution in [2.45, 2.75) is 32.9 Å². The van der Waals surface area contributed by atoms with E-state index in [0.717, 1.165) is 0 Å². The maximum atomic E-state index is 12.6. The molecule has 1 atom stereocenters. The minimum Gasteiger partial charge on any atom is -0.491 e. The lowest BCUT2D eigenvalue weighted by Gasteiger charge is -2.14. The number of ether oxygens (including phenoxy) is 1. The van der Waals surface area contributed by atoms with Crippen LogP contribution in [0.2, 0.25) is 0 Å². The number of hydrogen-bond donors (Lipinski definition) is 3. The van der Waals surface area contributed by atoms with Crippen LogP contribution >= 0.6 is 0 Å². The van der Waals surface area contributed by atoms with Gasteiger partial charge < -0.3 is 20.5 Å². The predicted molar refractivity (Wildman–Crippen MR) is 109 cm³/mol. The SMILES string of the molecule is CC(C)Oc1ccc(/C=C(/NC(=O)c2ccccc2)C(=O)N[C@H](C)C(=O)O)cc1. The van der Waals surface area contributed by atoms with Crippen LogP contribution < -0.4 is 15.4 Å². The number of hydrogen-bond acceptors (Lipinski definition) is 4. The highest BCUT2D eigenvalue weighted by Gasteiger charge is 2.19. The Bertz CT molecular complexity index is 889. The van der Waals surface area contributed by atoms with E-state index >= 15 is 0 Å². The van der Waals surface area contributed by atoms with Crippen molar-refractivity contribution < 1.29 is 24.2 Å². The highest BCUT2D eigenvalue weighted by Crippen LogP contribution is 2.16. The zero-order valence-electron chi connectivity index (χ0n) is 16.5. The lowest BCUT2D eigenvalue weighted by molar-refractivity contribution is -0.140. The summed E-state index contributed by atoms with van der Waals surface area (Å²) in [6, 6.07) is 14.3. The van der Waals surface area contributed by atoms with E-state index < -0.39 is 23.8 Å². The summed E-state index contributed by atoms with van der Waals surface area (Å²) >= 11 is 0. The fourth-order valence-electron chi connectivity index (χ4n) is 2.36. The van der Waals surface area contributed by atoms with Crippen molar-refractivity contribution in [1.29, 1.82) is 0 Å². The largest absolute Gasteiger partial charge is 0.491 e. The standard InChI is InChI=1S/C22H24N2O5/c1-14(2)29-18-11-9-16(10-12-18)13-19(21(26)23-15(3)22(27)28)24-20(25)17-7-5-4-6-8-17/h4-15H,1-3H3,(H,23,26)(H,24,25)(H,27,28)/b19-13+/t15-/m1/s1. The maximum Gasteiger partial charge on any atom is 0.325 e. The highest BCUT2D eigenvalue weighted by atomic mass is 16.5. The van der Waals surface area contributed by atoms with Gasteiger partial charge in [0.15, 0.2) is 0 Å². The number of carbonyl (C=O) groups excluding carboxylic acids is 2. The zero-order valence-corrected chi connectivity index (χ0v) is 16.5. The zero-order chi connectivity index (χ0) is 21.4. The Morgan fingerprint density at radius 3 is 2.14 bits per heavy atom. The van der Waals surface area contributed by atoms with Crippen LogP contribution in [0.4, 0.5) is 0 Å². The van der Waals surface area contributed by atoms with Crippen LogP contribution in [0.5, 0.6) is 5.75 Å². The van der Waals surface area contributed by atoms with Crippen LogP contribution in [-0.2, 0) is 9.59 Å². The van der Waals surface area contributed by atoms with Gasteiger partial charge in [-0.3, -0.25) is 14.4 Å². The van der Waals surface area contributed by atoms with Gasteiger partial charge in [0.05, 0.1) is 6.10 Å². The summed E-state index contributed by atoms with van der Waals surface area (Å²) in [6.07, 6.45) is 1.50. The molecule has 0 aliphatic carbocycles. The predicted octanol–water partition coefficient (Wildman–Crippen LogP) is 2.83. The Kier molecular flexibility index (Phi) is 7.54. The molecule has 0 bridgehead atoms. The van der Waals surface area contributed by atoms with Gasteiger partial charge in [-0.2, -0.15) is 0 Å². The average Bonchev–Trinajstić information content (AvgIpc) is 2.68. The van der Waals surface area contributed by atoms with E-state index in [9.17, 15) is 14.4 Å². The molecule has 152 valence electrons. The number of carbonyl (C=O) groups is 3. The number of amides is 2. The molecule has 0 unspecified atom stereocenters. The van der Waals surface area contributed by atoms with Gasteiger partial charge in [0, 0.05) is 5.56 Å². The normalized spacial score (nSPS) is 12.2. The van der Waals surface area contributed by atoms with Gasteiger partial charge in [0.1, 0.15) is 17.5 Å². The van der Waals surface area contributed by atoms with Gasteiger partial charge in [-0.05, 0) is 56.7 Å². The van der Waals surface area contributed by atoms with Crippen LogP contribution in [0.1, 0.15) is 36.7 Å². The molecule has 0 saturated carbocycles. The third-order valence-corrected chi connectivity index (χ3v) is 3.81. The lowest BCUT2D eigenvalue weighted by atomic mass is 10.1. The van der Waals surface area contributed by atoms with E-state index in [0.29, 0.717) is 16.9 Å². The van der Waals surface area contributed by atoms with Crippen LogP contribution in [0, 0.1) is 0 Å². The van der Waals surface area contributed by atoms with E-state index in [1.165, 1.54) is 13.0 Å². The molecule has 3 N–H and O–H groups in total. The third-order valence-electron chi connectivity index (χ3n) is 3.81. The first-order valence-electron chi connectivity index (χ1n) is 9.14. The molecule has 0 aliphatic rings. The Labute approximate surface area is 169 Å². The molecule has 0 saturated heterocycles. The summed E-state index contributed by atoms with van der Waals surface area (Å²) in [7, 11) is 0. The monoisotopic (exact) mass is 396 g/mol. The van der Waals surface area contributed by atoms with Crippen LogP contribution in [-0.4, -0.2) is 35.0 Å². The van der Waals surface area contributed by atoms with Crippen molar-refractivity contribution >= 4 is 23.9 Å². The van der Waals surface area contributed by atoms with Crippen LogP contribution in [0.3, 0.4) is 0 Å². The molecule has 0 radical (unpaired) electrons. The molecule has 2 amide bonds. The first-order valence-corrected chi connectivity index (χ1v) is 9.14. The van der Waals surface area contributed by atoms with E-state index in [2.05, 4.69) is 10.6 Å². The minimum absolute atomic E-state index is 0.0281. The summed E-state index contributed by atoms with van der Waals surface area (Å²) < 4.78 is 5.59. The molecule has 0 heterocycles. The summed E-state index contributed by atoms with van der Waals surface area (Å²) in [5, 5.41) is 13.9. The van der Waals surface area contributed by atoms with E-state index in [1.54, 1.807) is 54.6 Å². The van der Waals surface area contributed by atoms with Gasteiger partial charge in [0.25, 0.3) is 11.8 Å². The summed E-state index contributed by atoms with van der Waals surface area (Å²) in [5.74, 6) is -1.68. The summed E-state index contributed by atoms with van der Waals surface area (Å²) in [4.78, 5) is 36.1. The van der Waals surface area contributed by atoms with Crippen molar-refractivity contribution in [2.75, 3.05) is 0 Å². The fraction of sp³-hybridized carbons (Fsp3) is 0.227. The lowest BCUT2D eigenvalue weighted by Crippen LogP contribution is -2.42. The van der Waals surface area contributed by atoms with Crippen molar-refractivity contribution in [3.63, 3.8) is 0 Å². The maximum absolute atomic E-state index is 12.6. The van der Waals surface area contributed by atoms with Gasteiger partial charge >= 0.3 is 5.97 Å². The van der Waals surface area contributed by atoms with Gasteiger partial charge in [-0.1, -0.05) is 30.3 Å². The molecule has 0 aromatic heterocycles. The number of aliphatic carboxylic acids is 1. The van der Waals surface area contributed by atoms with Gasteiger partial charge in [0.2, 0.25) is 0 Å². The second kappa shape index (κ2) is 10.1. The smallest absolute Gasteiger partial charge is 0.325 e. The molecular weight excluding hydrogens is 372 g/mol. The van der Waals surface area contributed by atoms with Crippen molar-refractivity contribution in [2.24, 2.45) is 0 Å². The Hall–Kier alpha value is -3.61. The molecule has 2 aromatic rings. The molecule has 2 aromatic carbocycles. The molecule has 0 fully saturated rings. The second-order valence-corrected chi connectivity index (χ2v) is 6.65. The van der Waals surface area contributed by atoms with Gasteiger partial charge in [-0.15, -0.1) is 0 Å². The summed E-state index contributed by atoms with van der Waals surface area (Å²) in [5.41, 5.74) is 0.949. The quantitative estimate of drug-likeness (QED) is 0.595. The Morgan fingerprint density at radius 2 is 1.59 bits per heavy atom. The number of nitrogens with one attached hydrogen (secondary N) is 2. The molecule has 7 nitrogen and oxygen atoms in total. The number of benzene rings is 2. The molecule has 0 aliphatic heterocycles. The first-order chi connectivity index (χ1) is 13.8. The summed E-state index contributed by atoms with van der Waals surface area (Å²) in [6.45, 7) is 5.17. The molecule has 29 heavy (non-hydrogen) atoms. The average molecular weight is 396 g/mol. The van der Waals surface area contributed by atoms with E-state index in [-0.39, 0.29) is 11.8 Å². The van der Waals surface area contributed by atoms with Crippen molar-refractivity contribution in [1.82, 2.24) is 10.6 Å². The fourth-order valence-corrected chi connectivity index (χ4v) is 2.36. The Balaban J connectivity index is 2.27. The molecule has 0 spiro atoms. The van der Waals surface area contributed by atoms with Crippen LogP contribution in [0.25, 0.3) is 6.08 Å². The number of rotatable bonds is 8. The van der Waals surface area contributed by atoms with Gasteiger partial charge in [-0.25, -0.2) is 0 Å². The molecule has 2 rings (SSSR count). The van der Waals surface area contributed by atoms with Crippen molar-refractivity contribution in [3.8, 4) is 5.75 Å². The minimum atomic E-state index is -1.18. The van der Waals surface area contributed by atoms with E-state index in [1.807, 2.05) is 13.8 Å². The third kappa shape index (κ3) is 6.80. The highest BCUT2D eigenvalue weighted by molar-refractivity contribution is 6.06. The molecular formula is C22H24N2O5.